The van der Waals surface area contributed by atoms with Crippen molar-refractivity contribution in [3.05, 3.63) is 41.2 Å². The van der Waals surface area contributed by atoms with E-state index in [0.29, 0.717) is 11.4 Å². The lowest BCUT2D eigenvalue weighted by Gasteiger charge is -2.32. The lowest BCUT2D eigenvalue weighted by atomic mass is 9.95. The predicted octanol–water partition coefficient (Wildman–Crippen LogP) is 4.72. The van der Waals surface area contributed by atoms with E-state index < -0.39 is 0 Å². The van der Waals surface area contributed by atoms with Gasteiger partial charge in [-0.1, -0.05) is 25.3 Å². The number of H-pyrrole nitrogens is 1. The molecule has 2 fully saturated rings. The number of fused-ring (bicyclic) bond motifs is 2. The SMILES string of the molecule is O=c1[nH]cnc2c(-c3ccc4c(c3)ncn4C3CCCCC3)sc(N3CCCC(CO)C3)c12. The Balaban J connectivity index is 1.43. The fourth-order valence-corrected chi connectivity index (χ4v) is 6.88. The van der Waals surface area contributed by atoms with Crippen LogP contribution in [0.3, 0.4) is 0 Å². The molecule has 8 heteroatoms. The first-order valence-electron chi connectivity index (χ1n) is 12.1. The summed E-state index contributed by atoms with van der Waals surface area (Å²) in [5.74, 6) is 0.246. The smallest absolute Gasteiger partial charge is 0.261 e. The van der Waals surface area contributed by atoms with Gasteiger partial charge in [-0.3, -0.25) is 4.79 Å². The number of aromatic nitrogens is 4. The normalized spacial score (nSPS) is 20.2. The highest BCUT2D eigenvalue weighted by molar-refractivity contribution is 7.21. The maximum absolute atomic E-state index is 12.8. The molecule has 2 aliphatic rings. The second kappa shape index (κ2) is 8.57. The highest BCUT2D eigenvalue weighted by Crippen LogP contribution is 2.43. The molecule has 1 unspecified atom stereocenters. The number of nitrogens with zero attached hydrogens (tertiary/aromatic N) is 4. The summed E-state index contributed by atoms with van der Waals surface area (Å²) in [4.78, 5) is 28.2. The maximum atomic E-state index is 12.8. The van der Waals surface area contributed by atoms with E-state index in [-0.39, 0.29) is 18.1 Å². The zero-order valence-corrected chi connectivity index (χ0v) is 19.5. The Morgan fingerprint density at radius 1 is 1.12 bits per heavy atom. The Bertz CT molecular complexity index is 1350. The van der Waals surface area contributed by atoms with E-state index in [1.807, 2.05) is 6.33 Å². The van der Waals surface area contributed by atoms with Crippen molar-refractivity contribution in [1.82, 2.24) is 19.5 Å². The second-order valence-corrected chi connectivity index (χ2v) is 10.5. The third-order valence-corrected chi connectivity index (χ3v) is 8.64. The zero-order valence-electron chi connectivity index (χ0n) is 18.7. The molecule has 1 saturated carbocycles. The number of hydrogen-bond donors (Lipinski definition) is 2. The number of thiophene rings is 1. The van der Waals surface area contributed by atoms with Crippen molar-refractivity contribution in [2.24, 2.45) is 5.92 Å². The fraction of sp³-hybridized carbons (Fsp3) is 0.480. The van der Waals surface area contributed by atoms with Crippen LogP contribution in [0.25, 0.3) is 32.4 Å². The number of hydrogen-bond acceptors (Lipinski definition) is 6. The zero-order chi connectivity index (χ0) is 22.4. The Morgan fingerprint density at radius 3 is 2.85 bits per heavy atom. The Kier molecular flexibility index (Phi) is 5.42. The van der Waals surface area contributed by atoms with E-state index in [0.717, 1.165) is 52.4 Å². The van der Waals surface area contributed by atoms with Crippen LogP contribution < -0.4 is 10.5 Å². The van der Waals surface area contributed by atoms with Crippen molar-refractivity contribution in [3.8, 4) is 10.4 Å². The van der Waals surface area contributed by atoms with Crippen LogP contribution in [-0.4, -0.2) is 44.3 Å². The van der Waals surface area contributed by atoms with E-state index in [2.05, 4.69) is 37.6 Å². The monoisotopic (exact) mass is 463 g/mol. The summed E-state index contributed by atoms with van der Waals surface area (Å²) in [6.45, 7) is 1.84. The number of aromatic amines is 1. The molecule has 0 radical (unpaired) electrons. The summed E-state index contributed by atoms with van der Waals surface area (Å²) >= 11 is 1.63. The topological polar surface area (TPSA) is 87.0 Å². The van der Waals surface area contributed by atoms with Gasteiger partial charge in [-0.05, 0) is 49.3 Å². The number of imidazole rings is 1. The molecule has 172 valence electrons. The minimum atomic E-state index is -0.105. The maximum Gasteiger partial charge on any atom is 0.261 e. The molecule has 0 bridgehead atoms. The summed E-state index contributed by atoms with van der Waals surface area (Å²) in [7, 11) is 0. The van der Waals surface area contributed by atoms with E-state index >= 15 is 0 Å². The summed E-state index contributed by atoms with van der Waals surface area (Å²) in [5, 5.41) is 11.3. The molecule has 7 nitrogen and oxygen atoms in total. The van der Waals surface area contributed by atoms with Crippen LogP contribution in [0.1, 0.15) is 51.0 Å². The standard InChI is InChI=1S/C25H29N5O2S/c31-13-16-5-4-10-29(12-16)25-21-22(26-14-27-24(21)32)23(33-25)17-8-9-20-19(11-17)28-15-30(20)18-6-2-1-3-7-18/h8-9,11,14-16,18,31H,1-7,10,12-13H2,(H,26,27,32). The molecule has 1 atom stereocenters. The molecule has 4 aromatic rings. The average molecular weight is 464 g/mol. The van der Waals surface area contributed by atoms with Crippen LogP contribution in [0.4, 0.5) is 5.00 Å². The molecule has 1 aliphatic heterocycles. The van der Waals surface area contributed by atoms with Crippen LogP contribution in [0.2, 0.25) is 0 Å². The number of aliphatic hydroxyl groups excluding tert-OH is 1. The Hall–Kier alpha value is -2.71. The summed E-state index contributed by atoms with van der Waals surface area (Å²) in [6.07, 6.45) is 11.9. The third-order valence-electron chi connectivity index (χ3n) is 7.35. The van der Waals surface area contributed by atoms with Gasteiger partial charge in [0.2, 0.25) is 0 Å². The summed E-state index contributed by atoms with van der Waals surface area (Å²) in [5.41, 5.74) is 3.86. The third kappa shape index (κ3) is 3.65. The molecule has 1 saturated heterocycles. The van der Waals surface area contributed by atoms with E-state index in [1.165, 1.54) is 43.9 Å². The van der Waals surface area contributed by atoms with Crippen molar-refractivity contribution in [1.29, 1.82) is 0 Å². The van der Waals surface area contributed by atoms with Crippen molar-refractivity contribution >= 4 is 38.3 Å². The van der Waals surface area contributed by atoms with Gasteiger partial charge in [0.1, 0.15) is 10.4 Å². The van der Waals surface area contributed by atoms with Gasteiger partial charge in [0.25, 0.3) is 5.56 Å². The van der Waals surface area contributed by atoms with Crippen molar-refractivity contribution in [3.63, 3.8) is 0 Å². The van der Waals surface area contributed by atoms with Crippen LogP contribution in [0.15, 0.2) is 35.6 Å². The molecular formula is C25H29N5O2S. The first kappa shape index (κ1) is 20.9. The van der Waals surface area contributed by atoms with E-state index in [9.17, 15) is 9.90 Å². The lowest BCUT2D eigenvalue weighted by Crippen LogP contribution is -2.36. The molecule has 2 N–H and O–H groups in total. The van der Waals surface area contributed by atoms with Crippen LogP contribution in [0.5, 0.6) is 0 Å². The van der Waals surface area contributed by atoms with Gasteiger partial charge in [-0.25, -0.2) is 9.97 Å². The van der Waals surface area contributed by atoms with Gasteiger partial charge in [0.05, 0.1) is 34.1 Å². The Labute approximate surface area is 196 Å². The molecule has 1 aromatic carbocycles. The first-order valence-corrected chi connectivity index (χ1v) is 12.9. The quantitative estimate of drug-likeness (QED) is 0.457. The van der Waals surface area contributed by atoms with Crippen molar-refractivity contribution in [2.75, 3.05) is 24.6 Å². The van der Waals surface area contributed by atoms with E-state index in [1.54, 1.807) is 11.3 Å². The van der Waals surface area contributed by atoms with Crippen LogP contribution in [-0.2, 0) is 0 Å². The van der Waals surface area contributed by atoms with Crippen LogP contribution >= 0.6 is 11.3 Å². The largest absolute Gasteiger partial charge is 0.396 e. The van der Waals surface area contributed by atoms with Crippen molar-refractivity contribution < 1.29 is 5.11 Å². The van der Waals surface area contributed by atoms with E-state index in [4.69, 9.17) is 4.98 Å². The van der Waals surface area contributed by atoms with Gasteiger partial charge in [0.15, 0.2) is 0 Å². The minimum Gasteiger partial charge on any atom is -0.396 e. The molecule has 0 spiro atoms. The molecule has 3 aromatic heterocycles. The van der Waals surface area contributed by atoms with Gasteiger partial charge < -0.3 is 19.6 Å². The number of benzene rings is 1. The van der Waals surface area contributed by atoms with Crippen molar-refractivity contribution in [2.45, 2.75) is 51.0 Å². The summed E-state index contributed by atoms with van der Waals surface area (Å²) < 4.78 is 2.35. The number of nitrogens with one attached hydrogen (secondary N) is 1. The number of rotatable bonds is 4. The Morgan fingerprint density at radius 2 is 2.00 bits per heavy atom. The molecule has 0 amide bonds. The molecule has 6 rings (SSSR count). The molecule has 4 heterocycles. The predicted molar refractivity (Wildman–Crippen MR) is 133 cm³/mol. The summed E-state index contributed by atoms with van der Waals surface area (Å²) in [6, 6.07) is 7.00. The number of piperidine rings is 1. The van der Waals surface area contributed by atoms with Gasteiger partial charge in [-0.15, -0.1) is 11.3 Å². The highest BCUT2D eigenvalue weighted by atomic mass is 32.1. The van der Waals surface area contributed by atoms with Gasteiger partial charge in [0, 0.05) is 25.7 Å². The number of aliphatic hydroxyl groups is 1. The molecule has 1 aliphatic carbocycles. The average Bonchev–Trinajstić information content (AvgIpc) is 3.47. The van der Waals surface area contributed by atoms with Gasteiger partial charge in [-0.2, -0.15) is 0 Å². The number of anilines is 1. The molecular weight excluding hydrogens is 434 g/mol. The molecule has 33 heavy (non-hydrogen) atoms. The van der Waals surface area contributed by atoms with Crippen LogP contribution in [0, 0.1) is 5.92 Å². The first-order chi connectivity index (χ1) is 16.2. The fourth-order valence-electron chi connectivity index (χ4n) is 5.61. The van der Waals surface area contributed by atoms with Gasteiger partial charge >= 0.3 is 0 Å². The minimum absolute atomic E-state index is 0.105. The highest BCUT2D eigenvalue weighted by Gasteiger charge is 2.26. The second-order valence-electron chi connectivity index (χ2n) is 9.48. The lowest BCUT2D eigenvalue weighted by molar-refractivity contribution is 0.209.